The summed E-state index contributed by atoms with van der Waals surface area (Å²) in [7, 11) is 0. The van der Waals surface area contributed by atoms with Crippen LogP contribution in [0.1, 0.15) is 68.6 Å². The number of carbonyl (C=O) groups excluding carboxylic acids is 1. The monoisotopic (exact) mass is 428 g/mol. The third-order valence-corrected chi connectivity index (χ3v) is 4.84. The van der Waals surface area contributed by atoms with E-state index in [2.05, 4.69) is 26.1 Å². The van der Waals surface area contributed by atoms with Crippen molar-refractivity contribution in [1.29, 1.82) is 5.26 Å². The largest absolute Gasteiger partial charge is 0.416 e. The van der Waals surface area contributed by atoms with Crippen LogP contribution in [0.25, 0.3) is 5.57 Å². The van der Waals surface area contributed by atoms with E-state index >= 15 is 0 Å². The molecule has 164 valence electrons. The molecule has 0 saturated carbocycles. The molecular formula is C25H27F3N2O. The van der Waals surface area contributed by atoms with Crippen LogP contribution in [0.4, 0.5) is 13.2 Å². The molecule has 2 aromatic carbocycles. The van der Waals surface area contributed by atoms with Crippen LogP contribution >= 0.6 is 0 Å². The number of halogens is 3. The molecule has 0 saturated heterocycles. The van der Waals surface area contributed by atoms with Gasteiger partial charge in [0.05, 0.1) is 11.1 Å². The zero-order chi connectivity index (χ0) is 23.6. The molecule has 6 heteroatoms. The van der Waals surface area contributed by atoms with E-state index in [4.69, 9.17) is 0 Å². The van der Waals surface area contributed by atoms with Gasteiger partial charge in [0.1, 0.15) is 6.07 Å². The van der Waals surface area contributed by atoms with Crippen molar-refractivity contribution in [2.75, 3.05) is 0 Å². The first-order valence-corrected chi connectivity index (χ1v) is 9.89. The van der Waals surface area contributed by atoms with E-state index in [0.29, 0.717) is 5.56 Å². The topological polar surface area (TPSA) is 52.9 Å². The summed E-state index contributed by atoms with van der Waals surface area (Å²) in [5.41, 5.74) is 0.218. The van der Waals surface area contributed by atoms with Gasteiger partial charge in [0.15, 0.2) is 0 Å². The van der Waals surface area contributed by atoms with Gasteiger partial charge in [-0.1, -0.05) is 65.8 Å². The molecule has 0 radical (unpaired) electrons. The number of benzene rings is 2. The average molecular weight is 428 g/mol. The first kappa shape index (κ1) is 24.2. The zero-order valence-corrected chi connectivity index (χ0v) is 18.6. The molecule has 1 N–H and O–H groups in total. The third-order valence-electron chi connectivity index (χ3n) is 4.84. The van der Waals surface area contributed by atoms with E-state index < -0.39 is 23.1 Å². The normalized spacial score (nSPS) is 13.3. The third kappa shape index (κ3) is 5.97. The maximum absolute atomic E-state index is 13.1. The van der Waals surface area contributed by atoms with Crippen LogP contribution in [0.15, 0.2) is 54.2 Å². The van der Waals surface area contributed by atoms with Gasteiger partial charge in [-0.15, -0.1) is 0 Å². The van der Waals surface area contributed by atoms with Crippen LogP contribution in [-0.4, -0.2) is 5.91 Å². The number of amides is 1. The molecule has 0 heterocycles. The number of hydrogen-bond donors (Lipinski definition) is 1. The molecule has 0 aromatic heterocycles. The molecule has 0 atom stereocenters. The number of allylic oxidation sites excluding steroid dienone is 2. The van der Waals surface area contributed by atoms with Gasteiger partial charge < -0.3 is 5.32 Å². The van der Waals surface area contributed by atoms with E-state index in [1.807, 2.05) is 18.2 Å². The van der Waals surface area contributed by atoms with E-state index in [9.17, 15) is 23.2 Å². The second-order valence-electron chi connectivity index (χ2n) is 9.47. The quantitative estimate of drug-likeness (QED) is 0.552. The van der Waals surface area contributed by atoms with Gasteiger partial charge in [-0.25, -0.2) is 0 Å². The summed E-state index contributed by atoms with van der Waals surface area (Å²) < 4.78 is 39.4. The molecule has 0 fully saturated rings. The Kier molecular flexibility index (Phi) is 6.70. The van der Waals surface area contributed by atoms with Crippen LogP contribution in [0.5, 0.6) is 0 Å². The fraction of sp³-hybridized carbons (Fsp3) is 0.360. The molecule has 2 rings (SSSR count). The lowest BCUT2D eigenvalue weighted by atomic mass is 9.85. The van der Waals surface area contributed by atoms with Crippen LogP contribution in [0.3, 0.4) is 0 Å². The van der Waals surface area contributed by atoms with Crippen LogP contribution in [0, 0.1) is 16.7 Å². The number of alkyl halides is 3. The summed E-state index contributed by atoms with van der Waals surface area (Å²) in [6, 6.07) is 13.7. The molecule has 0 spiro atoms. The summed E-state index contributed by atoms with van der Waals surface area (Å²) in [6.07, 6.45) is -4.53. The Balaban J connectivity index is 2.51. The fourth-order valence-electron chi connectivity index (χ4n) is 3.05. The lowest BCUT2D eigenvalue weighted by Crippen LogP contribution is -2.31. The number of nitrogens with one attached hydrogen (secondary N) is 1. The molecule has 0 aliphatic carbocycles. The highest BCUT2D eigenvalue weighted by Gasteiger charge is 2.31. The van der Waals surface area contributed by atoms with Crippen LogP contribution in [-0.2, 0) is 11.6 Å². The molecule has 1 amide bonds. The van der Waals surface area contributed by atoms with Crippen molar-refractivity contribution in [3.05, 3.63) is 76.5 Å². The van der Waals surface area contributed by atoms with Crippen LogP contribution < -0.4 is 5.32 Å². The van der Waals surface area contributed by atoms with Crippen molar-refractivity contribution < 1.29 is 18.0 Å². The molecule has 0 bridgehead atoms. The Morgan fingerprint density at radius 1 is 0.871 bits per heavy atom. The summed E-state index contributed by atoms with van der Waals surface area (Å²) in [5, 5.41) is 12.6. The minimum absolute atomic E-state index is 0.00161. The van der Waals surface area contributed by atoms with E-state index in [-0.39, 0.29) is 22.2 Å². The van der Waals surface area contributed by atoms with Crippen molar-refractivity contribution in [3.63, 3.8) is 0 Å². The maximum atomic E-state index is 13.1. The molecular weight excluding hydrogens is 401 g/mol. The lowest BCUT2D eigenvalue weighted by Gasteiger charge is -2.26. The highest BCUT2D eigenvalue weighted by Crippen LogP contribution is 2.34. The van der Waals surface area contributed by atoms with E-state index in [1.165, 1.54) is 12.1 Å². The molecule has 0 unspecified atom stereocenters. The smallest absolute Gasteiger partial charge is 0.324 e. The molecule has 3 nitrogen and oxygen atoms in total. The predicted octanol–water partition coefficient (Wildman–Crippen LogP) is 6.71. The minimum atomic E-state index is -4.53. The van der Waals surface area contributed by atoms with Gasteiger partial charge in [-0.3, -0.25) is 4.79 Å². The zero-order valence-electron chi connectivity index (χ0n) is 18.6. The standard InChI is InChI=1S/C25H27F3N2O/c1-23(2,3)18-12-10-16(11-13-18)22(31)30-21(24(4,5)6)20(15-29)17-8-7-9-19(14-17)25(26,27)28/h7-14H,1-6H3,(H,30,31). The number of nitrogens with zero attached hydrogens (tertiary/aromatic N) is 1. The van der Waals surface area contributed by atoms with Gasteiger partial charge in [-0.2, -0.15) is 18.4 Å². The van der Waals surface area contributed by atoms with E-state index in [0.717, 1.165) is 17.7 Å². The summed E-state index contributed by atoms with van der Waals surface area (Å²) in [5.74, 6) is -0.426. The van der Waals surface area contributed by atoms with Gasteiger partial charge in [0.25, 0.3) is 5.91 Å². The summed E-state index contributed by atoms with van der Waals surface area (Å²) in [4.78, 5) is 12.9. The maximum Gasteiger partial charge on any atom is 0.416 e. The first-order valence-electron chi connectivity index (χ1n) is 9.89. The number of hydrogen-bond acceptors (Lipinski definition) is 2. The Morgan fingerprint density at radius 3 is 1.90 bits per heavy atom. The number of carbonyl (C=O) groups is 1. The van der Waals surface area contributed by atoms with Crippen molar-refractivity contribution in [1.82, 2.24) is 5.32 Å². The summed E-state index contributed by atoms with van der Waals surface area (Å²) in [6.45, 7) is 11.6. The average Bonchev–Trinajstić information content (AvgIpc) is 2.66. The Bertz CT molecular complexity index is 1030. The first-order chi connectivity index (χ1) is 14.1. The predicted molar refractivity (Wildman–Crippen MR) is 116 cm³/mol. The highest BCUT2D eigenvalue weighted by molar-refractivity contribution is 5.97. The van der Waals surface area contributed by atoms with Crippen molar-refractivity contribution >= 4 is 11.5 Å². The second kappa shape index (κ2) is 8.58. The number of nitriles is 1. The molecule has 2 aromatic rings. The number of rotatable bonds is 3. The fourth-order valence-corrected chi connectivity index (χ4v) is 3.05. The van der Waals surface area contributed by atoms with Crippen molar-refractivity contribution in [3.8, 4) is 6.07 Å². The Hall–Kier alpha value is -3.07. The minimum Gasteiger partial charge on any atom is -0.324 e. The highest BCUT2D eigenvalue weighted by atomic mass is 19.4. The van der Waals surface area contributed by atoms with Crippen molar-refractivity contribution in [2.24, 2.45) is 5.41 Å². The Labute approximate surface area is 181 Å². The summed E-state index contributed by atoms with van der Waals surface area (Å²) >= 11 is 0. The van der Waals surface area contributed by atoms with E-state index in [1.54, 1.807) is 32.9 Å². The molecule has 0 aliphatic rings. The van der Waals surface area contributed by atoms with Crippen molar-refractivity contribution in [2.45, 2.75) is 53.1 Å². The van der Waals surface area contributed by atoms with Gasteiger partial charge in [0, 0.05) is 16.7 Å². The molecule has 31 heavy (non-hydrogen) atoms. The SMILES string of the molecule is CC(C)(C)C(NC(=O)c1ccc(C(C)(C)C)cc1)=C(C#N)c1cccc(C(F)(F)F)c1. The van der Waals surface area contributed by atoms with Gasteiger partial charge >= 0.3 is 6.18 Å². The Morgan fingerprint density at radius 2 is 1.45 bits per heavy atom. The van der Waals surface area contributed by atoms with Gasteiger partial charge in [0.2, 0.25) is 0 Å². The second-order valence-corrected chi connectivity index (χ2v) is 9.47. The van der Waals surface area contributed by atoms with Crippen LogP contribution in [0.2, 0.25) is 0 Å². The van der Waals surface area contributed by atoms with Gasteiger partial charge in [-0.05, 0) is 40.8 Å². The molecule has 0 aliphatic heterocycles. The lowest BCUT2D eigenvalue weighted by molar-refractivity contribution is -0.137.